The lowest BCUT2D eigenvalue weighted by Crippen LogP contribution is -2.60. The molecule has 0 aromatic rings. The molecule has 0 aromatic carbocycles. The van der Waals surface area contributed by atoms with Crippen molar-refractivity contribution in [2.24, 2.45) is 0 Å². The van der Waals surface area contributed by atoms with Crippen molar-refractivity contribution >= 4 is 77.7 Å². The molecule has 0 bridgehead atoms. The molecule has 316 valence electrons. The fraction of sp³-hybridized carbons (Fsp3) is 0.567. The predicted molar refractivity (Wildman–Crippen MR) is 181 cm³/mol. The van der Waals surface area contributed by atoms with Crippen molar-refractivity contribution in [3.05, 3.63) is 0 Å². The Morgan fingerprint density at radius 3 is 0.821 bits per heavy atom. The molecule has 0 radical (unpaired) electrons. The van der Waals surface area contributed by atoms with Gasteiger partial charge in [0.2, 0.25) is 35.4 Å². The summed E-state index contributed by atoms with van der Waals surface area (Å²) in [5.41, 5.74) is 0. The van der Waals surface area contributed by atoms with Crippen LogP contribution in [0.25, 0.3) is 0 Å². The molecular weight excluding hydrogens is 764 g/mol. The molecule has 26 heteroatoms. The smallest absolute Gasteiger partial charge is 0.305 e. The topological polar surface area (TPSA) is 436 Å². The first-order valence-electron chi connectivity index (χ1n) is 16.2. The van der Waals surface area contributed by atoms with Crippen LogP contribution in [-0.2, 0) is 62.3 Å². The maximum Gasteiger partial charge on any atom is 0.305 e. The van der Waals surface area contributed by atoms with Crippen molar-refractivity contribution < 1.29 is 98.1 Å². The summed E-state index contributed by atoms with van der Waals surface area (Å²) in [5.74, 6) is -17.8. The lowest BCUT2D eigenvalue weighted by Gasteiger charge is -2.26. The first-order valence-corrected chi connectivity index (χ1v) is 16.2. The van der Waals surface area contributed by atoms with Gasteiger partial charge in [-0.2, -0.15) is 0 Å². The zero-order valence-electron chi connectivity index (χ0n) is 30.4. The van der Waals surface area contributed by atoms with Crippen LogP contribution in [0.1, 0.15) is 72.6 Å². The van der Waals surface area contributed by atoms with Gasteiger partial charge in [-0.1, -0.05) is 20.8 Å². The molecule has 0 rings (SSSR count). The average molecular weight is 811 g/mol. The maximum atomic E-state index is 13.1. The Morgan fingerprint density at radius 1 is 0.429 bits per heavy atom. The van der Waals surface area contributed by atoms with E-state index in [-0.39, 0.29) is 12.9 Å². The third kappa shape index (κ3) is 25.1. The summed E-state index contributed by atoms with van der Waals surface area (Å²) in [6.07, 6.45) is -6.68. The summed E-state index contributed by atoms with van der Waals surface area (Å²) < 4.78 is 0. The van der Waals surface area contributed by atoms with Gasteiger partial charge in [0.1, 0.15) is 30.2 Å². The quantitative estimate of drug-likeness (QED) is 0.0412. The van der Waals surface area contributed by atoms with Gasteiger partial charge in [0.05, 0.1) is 38.5 Å². The number of nitrogens with one attached hydrogen (secondary N) is 6. The van der Waals surface area contributed by atoms with Crippen molar-refractivity contribution in [2.45, 2.75) is 109 Å². The molecule has 0 aliphatic heterocycles. The molecule has 6 amide bonds. The SMILES string of the molecule is CC.CCC(=O)NC(CC(=O)O)C(=O)NC(CC(=O)O)C(=O)NC(CC(=O)O)C(=O)NC(CC(=O)O)C(=O)NC(CC(=O)O)C(=O)NC(C)CC(=O)O.O=CO. The molecule has 0 aliphatic rings. The second kappa shape index (κ2) is 28.6. The van der Waals surface area contributed by atoms with Crippen LogP contribution in [0.3, 0.4) is 0 Å². The van der Waals surface area contributed by atoms with E-state index in [9.17, 15) is 78.0 Å². The van der Waals surface area contributed by atoms with Crippen molar-refractivity contribution in [3.63, 3.8) is 0 Å². The Bertz CT molecular complexity index is 1450. The van der Waals surface area contributed by atoms with Gasteiger partial charge in [-0.3, -0.25) is 62.3 Å². The average Bonchev–Trinajstić information content (AvgIpc) is 3.06. The van der Waals surface area contributed by atoms with Crippen molar-refractivity contribution in [3.8, 4) is 0 Å². The van der Waals surface area contributed by atoms with E-state index >= 15 is 0 Å². The highest BCUT2D eigenvalue weighted by molar-refractivity contribution is 6.00. The van der Waals surface area contributed by atoms with Crippen LogP contribution in [0.15, 0.2) is 0 Å². The second-order valence-electron chi connectivity index (χ2n) is 10.8. The molecule has 0 spiro atoms. The van der Waals surface area contributed by atoms with Crippen LogP contribution in [0, 0.1) is 0 Å². The second-order valence-corrected chi connectivity index (χ2v) is 10.8. The zero-order chi connectivity index (χ0) is 44.3. The highest BCUT2D eigenvalue weighted by Gasteiger charge is 2.35. The van der Waals surface area contributed by atoms with Gasteiger partial charge >= 0.3 is 35.8 Å². The van der Waals surface area contributed by atoms with Gasteiger partial charge in [0.15, 0.2) is 0 Å². The maximum absolute atomic E-state index is 13.1. The van der Waals surface area contributed by atoms with Crippen LogP contribution in [0.5, 0.6) is 0 Å². The highest BCUT2D eigenvalue weighted by atomic mass is 16.4. The van der Waals surface area contributed by atoms with Crippen LogP contribution >= 0.6 is 0 Å². The van der Waals surface area contributed by atoms with E-state index in [1.165, 1.54) is 13.8 Å². The molecule has 0 saturated carbocycles. The number of carboxylic acid groups (broad SMARTS) is 7. The number of hydrogen-bond donors (Lipinski definition) is 13. The van der Waals surface area contributed by atoms with Crippen molar-refractivity contribution in [1.82, 2.24) is 31.9 Å². The monoisotopic (exact) mass is 810 g/mol. The third-order valence-electron chi connectivity index (χ3n) is 6.27. The minimum atomic E-state index is -2.21. The predicted octanol–water partition coefficient (Wildman–Crippen LogP) is -4.10. The van der Waals surface area contributed by atoms with Crippen molar-refractivity contribution in [2.75, 3.05) is 0 Å². The minimum Gasteiger partial charge on any atom is -0.483 e. The van der Waals surface area contributed by atoms with Crippen LogP contribution in [0.2, 0.25) is 0 Å². The summed E-state index contributed by atoms with van der Waals surface area (Å²) >= 11 is 0. The first-order chi connectivity index (χ1) is 26.0. The van der Waals surface area contributed by atoms with E-state index in [0.717, 1.165) is 0 Å². The number of aliphatic carboxylic acids is 6. The number of hydrogen-bond acceptors (Lipinski definition) is 13. The molecular formula is C30H46N6O20. The van der Waals surface area contributed by atoms with Gasteiger partial charge in [0.25, 0.3) is 6.47 Å². The molecule has 26 nitrogen and oxygen atoms in total. The number of amides is 6. The van der Waals surface area contributed by atoms with Crippen molar-refractivity contribution in [1.29, 1.82) is 0 Å². The lowest BCUT2D eigenvalue weighted by molar-refractivity contribution is -0.145. The molecule has 0 heterocycles. The van der Waals surface area contributed by atoms with E-state index in [1.807, 2.05) is 35.1 Å². The van der Waals surface area contributed by atoms with Gasteiger partial charge in [-0.05, 0) is 6.92 Å². The van der Waals surface area contributed by atoms with Gasteiger partial charge in [0, 0.05) is 12.5 Å². The summed E-state index contributed by atoms with van der Waals surface area (Å²) in [7, 11) is 0. The molecule has 6 unspecified atom stereocenters. The molecule has 0 fully saturated rings. The molecule has 0 saturated heterocycles. The summed E-state index contributed by atoms with van der Waals surface area (Å²) in [5, 5.41) is 73.5. The van der Waals surface area contributed by atoms with E-state index in [0.29, 0.717) is 0 Å². The van der Waals surface area contributed by atoms with Gasteiger partial charge < -0.3 is 67.6 Å². The minimum absolute atomic E-state index is 0.200. The molecule has 6 atom stereocenters. The normalized spacial score (nSPS) is 13.1. The number of rotatable bonds is 24. The Balaban J connectivity index is -0.00000533. The van der Waals surface area contributed by atoms with Crippen LogP contribution < -0.4 is 31.9 Å². The lowest BCUT2D eigenvalue weighted by atomic mass is 10.1. The fourth-order valence-electron chi connectivity index (χ4n) is 3.96. The third-order valence-corrected chi connectivity index (χ3v) is 6.27. The fourth-order valence-corrected chi connectivity index (χ4v) is 3.96. The van der Waals surface area contributed by atoms with Crippen LogP contribution in [0.4, 0.5) is 0 Å². The largest absolute Gasteiger partial charge is 0.483 e. The van der Waals surface area contributed by atoms with Gasteiger partial charge in [-0.25, -0.2) is 0 Å². The number of carbonyl (C=O) groups excluding carboxylic acids is 6. The summed E-state index contributed by atoms with van der Waals surface area (Å²) in [6.45, 7) is 6.35. The van der Waals surface area contributed by atoms with E-state index in [1.54, 1.807) is 0 Å². The van der Waals surface area contributed by atoms with E-state index < -0.39 is 146 Å². The molecule has 0 aromatic heterocycles. The Labute approximate surface area is 316 Å². The number of carboxylic acids is 6. The Hall–Kier alpha value is -6.89. The van der Waals surface area contributed by atoms with Crippen LogP contribution in [-0.4, -0.2) is 150 Å². The molecule has 13 N–H and O–H groups in total. The summed E-state index contributed by atoms with van der Waals surface area (Å²) in [6, 6.07) is -11.3. The summed E-state index contributed by atoms with van der Waals surface area (Å²) in [4.78, 5) is 152. The molecule has 0 aliphatic carbocycles. The standard InChI is InChI=1S/C27H38N6O18.C2H6.CH2O2/c1-3-16(34)29-11(5-18(37)38)24(48)31-13(7-20(41)42)26(50)33-15(9-22(45)46)27(51)32-14(8-21(43)44)25(49)30-12(6-19(39)40)23(47)28-10(2)4-17(35)36;1-2;2-1-3/h10-15H,3-9H2,1-2H3,(H,28,47)(H,29,34)(H,30,49)(H,31,48)(H,32,51)(H,33,50)(H,35,36)(H,37,38)(H,39,40)(H,41,42)(H,43,44)(H,45,46);1-2H3;1H,(H,2,3). The number of carbonyl (C=O) groups is 13. The zero-order valence-corrected chi connectivity index (χ0v) is 30.4. The van der Waals surface area contributed by atoms with E-state index in [2.05, 4.69) is 10.6 Å². The molecule has 56 heavy (non-hydrogen) atoms. The Kier molecular flexibility index (Phi) is 27.3. The Morgan fingerprint density at radius 2 is 0.625 bits per heavy atom. The van der Waals surface area contributed by atoms with Gasteiger partial charge in [-0.15, -0.1) is 0 Å². The van der Waals surface area contributed by atoms with E-state index in [4.69, 9.17) is 20.1 Å². The first kappa shape index (κ1) is 53.5. The highest BCUT2D eigenvalue weighted by Crippen LogP contribution is 2.05.